The van der Waals surface area contributed by atoms with Gasteiger partial charge in [0.05, 0.1) is 0 Å². The van der Waals surface area contributed by atoms with Gasteiger partial charge in [0, 0.05) is 32.2 Å². The first-order valence-corrected chi connectivity index (χ1v) is 5.83. The fourth-order valence-corrected chi connectivity index (χ4v) is 1.96. The molecule has 1 heterocycles. The molecule has 2 rings (SSSR count). The van der Waals surface area contributed by atoms with Crippen LogP contribution in [-0.2, 0) is 0 Å². The third-order valence-electron chi connectivity index (χ3n) is 2.97. The zero-order chi connectivity index (χ0) is 10.9. The van der Waals surface area contributed by atoms with Crippen molar-refractivity contribution >= 4 is 6.03 Å². The lowest BCUT2D eigenvalue weighted by atomic mass is 9.93. The molecule has 4 heteroatoms. The summed E-state index contributed by atoms with van der Waals surface area (Å²) in [7, 11) is 0. The number of carbonyl (C=O) groups is 1. The first kappa shape index (κ1) is 10.7. The van der Waals surface area contributed by atoms with E-state index in [1.165, 1.54) is 0 Å². The van der Waals surface area contributed by atoms with Gasteiger partial charge < -0.3 is 15.5 Å². The van der Waals surface area contributed by atoms with Crippen molar-refractivity contribution in [2.24, 2.45) is 5.41 Å². The van der Waals surface area contributed by atoms with E-state index >= 15 is 0 Å². The lowest BCUT2D eigenvalue weighted by Gasteiger charge is -2.29. The Balaban J connectivity index is 1.90. The van der Waals surface area contributed by atoms with Crippen LogP contribution in [0.5, 0.6) is 0 Å². The zero-order valence-electron chi connectivity index (χ0n) is 9.68. The van der Waals surface area contributed by atoms with Gasteiger partial charge >= 0.3 is 6.03 Å². The smallest absolute Gasteiger partial charge is 0.317 e. The molecule has 0 radical (unpaired) electrons. The van der Waals surface area contributed by atoms with Crippen LogP contribution in [0.3, 0.4) is 0 Å². The van der Waals surface area contributed by atoms with E-state index in [2.05, 4.69) is 24.5 Å². The van der Waals surface area contributed by atoms with E-state index in [1.807, 2.05) is 4.90 Å². The number of urea groups is 1. The minimum atomic E-state index is 0.120. The highest BCUT2D eigenvalue weighted by molar-refractivity contribution is 5.75. The fourth-order valence-electron chi connectivity index (χ4n) is 1.96. The third kappa shape index (κ3) is 3.09. The highest BCUT2D eigenvalue weighted by atomic mass is 16.2. The summed E-state index contributed by atoms with van der Waals surface area (Å²) in [5.74, 6) is 0. The molecule has 2 amide bonds. The number of nitrogens with zero attached hydrogens (tertiary/aromatic N) is 1. The Morgan fingerprint density at radius 2 is 2.20 bits per heavy atom. The zero-order valence-corrected chi connectivity index (χ0v) is 9.68. The van der Waals surface area contributed by atoms with Crippen molar-refractivity contribution in [2.45, 2.75) is 32.7 Å². The fraction of sp³-hybridized carbons (Fsp3) is 0.909. The van der Waals surface area contributed by atoms with E-state index in [0.29, 0.717) is 6.04 Å². The quantitative estimate of drug-likeness (QED) is 0.673. The van der Waals surface area contributed by atoms with Gasteiger partial charge in [-0.15, -0.1) is 0 Å². The maximum Gasteiger partial charge on any atom is 0.317 e. The maximum absolute atomic E-state index is 11.9. The van der Waals surface area contributed by atoms with Crippen LogP contribution in [-0.4, -0.2) is 43.2 Å². The van der Waals surface area contributed by atoms with Gasteiger partial charge in [-0.25, -0.2) is 4.79 Å². The molecule has 1 saturated carbocycles. The second kappa shape index (κ2) is 4.00. The molecule has 0 bridgehead atoms. The van der Waals surface area contributed by atoms with Gasteiger partial charge in [-0.2, -0.15) is 0 Å². The molecule has 0 spiro atoms. The topological polar surface area (TPSA) is 44.4 Å². The van der Waals surface area contributed by atoms with Crippen LogP contribution in [0.4, 0.5) is 4.79 Å². The SMILES string of the molecule is CC1(C)CNCCN(C(=O)NC2CC2)C1. The minimum absolute atomic E-state index is 0.120. The molecule has 1 aliphatic heterocycles. The number of hydrogen-bond acceptors (Lipinski definition) is 2. The average molecular weight is 211 g/mol. The number of carbonyl (C=O) groups excluding carboxylic acids is 1. The lowest BCUT2D eigenvalue weighted by molar-refractivity contribution is 0.180. The lowest BCUT2D eigenvalue weighted by Crippen LogP contribution is -2.45. The summed E-state index contributed by atoms with van der Waals surface area (Å²) in [6.45, 7) is 7.95. The third-order valence-corrected chi connectivity index (χ3v) is 2.97. The summed E-state index contributed by atoms with van der Waals surface area (Å²) in [6, 6.07) is 0.575. The second-order valence-corrected chi connectivity index (χ2v) is 5.49. The Morgan fingerprint density at radius 1 is 1.47 bits per heavy atom. The van der Waals surface area contributed by atoms with Crippen LogP contribution in [0.15, 0.2) is 0 Å². The summed E-state index contributed by atoms with van der Waals surface area (Å²) in [5, 5.41) is 6.42. The molecular formula is C11H21N3O. The van der Waals surface area contributed by atoms with Crippen LogP contribution in [0.2, 0.25) is 0 Å². The van der Waals surface area contributed by atoms with Gasteiger partial charge in [0.15, 0.2) is 0 Å². The van der Waals surface area contributed by atoms with Crippen LogP contribution in [0.1, 0.15) is 26.7 Å². The van der Waals surface area contributed by atoms with Gasteiger partial charge in [-0.3, -0.25) is 0 Å². The second-order valence-electron chi connectivity index (χ2n) is 5.49. The number of nitrogens with one attached hydrogen (secondary N) is 2. The standard InChI is InChI=1S/C11H21N3O/c1-11(2)7-12-5-6-14(8-11)10(15)13-9-3-4-9/h9,12H,3-8H2,1-2H3,(H,13,15). The van der Waals surface area contributed by atoms with Gasteiger partial charge in [0.1, 0.15) is 0 Å². The molecule has 2 fully saturated rings. The summed E-state index contributed by atoms with van der Waals surface area (Å²) >= 11 is 0. The van der Waals surface area contributed by atoms with Crippen molar-refractivity contribution in [1.29, 1.82) is 0 Å². The molecule has 0 unspecified atom stereocenters. The predicted molar refractivity (Wildman–Crippen MR) is 59.8 cm³/mol. The average Bonchev–Trinajstić information content (AvgIpc) is 2.93. The summed E-state index contributed by atoms with van der Waals surface area (Å²) < 4.78 is 0. The molecular weight excluding hydrogens is 190 g/mol. The molecule has 1 saturated heterocycles. The Morgan fingerprint density at radius 3 is 2.87 bits per heavy atom. The first-order chi connectivity index (χ1) is 7.07. The van der Waals surface area contributed by atoms with E-state index in [0.717, 1.165) is 39.0 Å². The molecule has 86 valence electrons. The van der Waals surface area contributed by atoms with E-state index in [1.54, 1.807) is 0 Å². The van der Waals surface area contributed by atoms with Gasteiger partial charge in [-0.1, -0.05) is 13.8 Å². The highest BCUT2D eigenvalue weighted by Gasteiger charge is 2.30. The molecule has 15 heavy (non-hydrogen) atoms. The Bertz CT molecular complexity index is 248. The van der Waals surface area contributed by atoms with E-state index < -0.39 is 0 Å². The van der Waals surface area contributed by atoms with Gasteiger partial charge in [0.2, 0.25) is 0 Å². The number of amides is 2. The van der Waals surface area contributed by atoms with Crippen LogP contribution >= 0.6 is 0 Å². The summed E-state index contributed by atoms with van der Waals surface area (Å²) in [4.78, 5) is 13.8. The van der Waals surface area contributed by atoms with Crippen molar-refractivity contribution in [1.82, 2.24) is 15.5 Å². The maximum atomic E-state index is 11.9. The highest BCUT2D eigenvalue weighted by Crippen LogP contribution is 2.21. The molecule has 0 aromatic carbocycles. The normalized spacial score (nSPS) is 25.9. The summed E-state index contributed by atoms with van der Waals surface area (Å²) in [5.41, 5.74) is 0.178. The molecule has 0 aromatic heterocycles. The Labute approximate surface area is 91.4 Å². The largest absolute Gasteiger partial charge is 0.335 e. The molecule has 0 atom stereocenters. The van der Waals surface area contributed by atoms with Gasteiger partial charge in [-0.05, 0) is 18.3 Å². The summed E-state index contributed by atoms with van der Waals surface area (Å²) in [6.07, 6.45) is 2.31. The van der Waals surface area contributed by atoms with Crippen molar-refractivity contribution < 1.29 is 4.79 Å². The molecule has 0 aromatic rings. The van der Waals surface area contributed by atoms with E-state index in [-0.39, 0.29) is 11.4 Å². The minimum Gasteiger partial charge on any atom is -0.335 e. The molecule has 4 nitrogen and oxygen atoms in total. The van der Waals surface area contributed by atoms with E-state index in [9.17, 15) is 4.79 Å². The van der Waals surface area contributed by atoms with Crippen LogP contribution in [0.25, 0.3) is 0 Å². The van der Waals surface area contributed by atoms with Crippen molar-refractivity contribution in [2.75, 3.05) is 26.2 Å². The molecule has 2 aliphatic rings. The first-order valence-electron chi connectivity index (χ1n) is 5.83. The monoisotopic (exact) mass is 211 g/mol. The van der Waals surface area contributed by atoms with Crippen LogP contribution in [0, 0.1) is 5.41 Å². The van der Waals surface area contributed by atoms with E-state index in [4.69, 9.17) is 0 Å². The number of hydrogen-bond donors (Lipinski definition) is 2. The number of rotatable bonds is 1. The van der Waals surface area contributed by atoms with Crippen molar-refractivity contribution in [3.8, 4) is 0 Å². The predicted octanol–water partition coefficient (Wildman–Crippen LogP) is 0.790. The Hall–Kier alpha value is -0.770. The van der Waals surface area contributed by atoms with Crippen molar-refractivity contribution in [3.05, 3.63) is 0 Å². The Kier molecular flexibility index (Phi) is 2.87. The van der Waals surface area contributed by atoms with Crippen LogP contribution < -0.4 is 10.6 Å². The van der Waals surface area contributed by atoms with Crippen molar-refractivity contribution in [3.63, 3.8) is 0 Å². The van der Waals surface area contributed by atoms with Gasteiger partial charge in [0.25, 0.3) is 0 Å². The molecule has 1 aliphatic carbocycles. The molecule has 2 N–H and O–H groups in total.